The van der Waals surface area contributed by atoms with Crippen molar-refractivity contribution in [2.75, 3.05) is 25.5 Å². The van der Waals surface area contributed by atoms with Gasteiger partial charge in [-0.05, 0) is 36.8 Å². The molecule has 3 aromatic rings. The molecule has 9 heteroatoms. The molecule has 0 aliphatic carbocycles. The molecule has 0 saturated carbocycles. The molecule has 4 rings (SSSR count). The molecule has 0 bridgehead atoms. The highest BCUT2D eigenvalue weighted by Gasteiger charge is 2.39. The summed E-state index contributed by atoms with van der Waals surface area (Å²) in [6.07, 6.45) is 1.29. The lowest BCUT2D eigenvalue weighted by molar-refractivity contribution is -0.131. The van der Waals surface area contributed by atoms with E-state index < -0.39 is 29.6 Å². The second-order valence-corrected chi connectivity index (χ2v) is 8.17. The van der Waals surface area contributed by atoms with Crippen molar-refractivity contribution in [1.82, 2.24) is 14.8 Å². The highest BCUT2D eigenvalue weighted by Crippen LogP contribution is 2.25. The third kappa shape index (κ3) is 4.71. The summed E-state index contributed by atoms with van der Waals surface area (Å²) in [6.45, 7) is -0.204. The predicted molar refractivity (Wildman–Crippen MR) is 123 cm³/mol. The van der Waals surface area contributed by atoms with Crippen molar-refractivity contribution >= 4 is 34.3 Å². The topological polar surface area (TPSA) is 106 Å². The number of fused-ring (bicyclic) bond motifs is 1. The van der Waals surface area contributed by atoms with Crippen molar-refractivity contribution in [1.29, 1.82) is 5.26 Å². The number of rotatable bonds is 5. The SMILES string of the molecule is CN(CC(=O)N1CC(C(=O)Nc2ccccc2)CC1C#N)C(=O)c1cccc2ncc(F)cc12. The number of benzene rings is 2. The van der Waals surface area contributed by atoms with Gasteiger partial charge in [0.1, 0.15) is 11.9 Å². The molecule has 0 spiro atoms. The number of para-hydroxylation sites is 1. The maximum Gasteiger partial charge on any atom is 0.254 e. The van der Waals surface area contributed by atoms with Gasteiger partial charge in [-0.15, -0.1) is 0 Å². The lowest BCUT2D eigenvalue weighted by Gasteiger charge is -2.24. The Kier molecular flexibility index (Phi) is 6.50. The molecule has 2 atom stereocenters. The molecule has 172 valence electrons. The van der Waals surface area contributed by atoms with Crippen LogP contribution >= 0.6 is 0 Å². The van der Waals surface area contributed by atoms with Gasteiger partial charge in [-0.1, -0.05) is 24.3 Å². The van der Waals surface area contributed by atoms with Crippen LogP contribution in [-0.4, -0.2) is 58.7 Å². The number of carbonyl (C=O) groups excluding carboxylic acids is 3. The normalized spacial score (nSPS) is 17.3. The highest BCUT2D eigenvalue weighted by molar-refractivity contribution is 6.07. The minimum Gasteiger partial charge on any atom is -0.332 e. The van der Waals surface area contributed by atoms with Gasteiger partial charge in [-0.25, -0.2) is 4.39 Å². The number of nitrogens with one attached hydrogen (secondary N) is 1. The molecule has 1 saturated heterocycles. The summed E-state index contributed by atoms with van der Waals surface area (Å²) in [5.41, 5.74) is 1.32. The maximum atomic E-state index is 13.7. The highest BCUT2D eigenvalue weighted by atomic mass is 19.1. The lowest BCUT2D eigenvalue weighted by atomic mass is 10.1. The minimum absolute atomic E-state index is 0.0845. The summed E-state index contributed by atoms with van der Waals surface area (Å²) < 4.78 is 13.7. The van der Waals surface area contributed by atoms with Crippen LogP contribution in [0.15, 0.2) is 60.8 Å². The molecule has 0 radical (unpaired) electrons. The molecule has 2 aromatic carbocycles. The third-order valence-electron chi connectivity index (χ3n) is 5.82. The van der Waals surface area contributed by atoms with Crippen molar-refractivity contribution in [2.45, 2.75) is 12.5 Å². The summed E-state index contributed by atoms with van der Waals surface area (Å²) in [4.78, 5) is 45.2. The Balaban J connectivity index is 1.44. The monoisotopic (exact) mass is 459 g/mol. The van der Waals surface area contributed by atoms with Crippen LogP contribution in [0.25, 0.3) is 10.9 Å². The number of likely N-dealkylation sites (tertiary alicyclic amines) is 1. The van der Waals surface area contributed by atoms with Crippen LogP contribution in [0.1, 0.15) is 16.8 Å². The molecular formula is C25H22FN5O3. The first-order valence-corrected chi connectivity index (χ1v) is 10.7. The molecule has 2 heterocycles. The maximum absolute atomic E-state index is 13.7. The van der Waals surface area contributed by atoms with Crippen molar-refractivity contribution < 1.29 is 18.8 Å². The molecular weight excluding hydrogens is 437 g/mol. The molecule has 1 aliphatic rings. The summed E-state index contributed by atoms with van der Waals surface area (Å²) in [5.74, 6) is -2.29. The average molecular weight is 459 g/mol. The van der Waals surface area contributed by atoms with E-state index in [9.17, 15) is 24.0 Å². The van der Waals surface area contributed by atoms with Gasteiger partial charge in [0.15, 0.2) is 0 Å². The van der Waals surface area contributed by atoms with Crippen molar-refractivity contribution in [2.24, 2.45) is 5.92 Å². The molecule has 1 fully saturated rings. The van der Waals surface area contributed by atoms with Gasteiger partial charge in [0, 0.05) is 30.2 Å². The number of nitriles is 1. The summed E-state index contributed by atoms with van der Waals surface area (Å²) >= 11 is 0. The van der Waals surface area contributed by atoms with Crippen molar-refractivity contribution in [3.05, 3.63) is 72.2 Å². The molecule has 2 unspecified atom stereocenters. The Morgan fingerprint density at radius 2 is 1.97 bits per heavy atom. The van der Waals surface area contributed by atoms with Crippen LogP contribution in [-0.2, 0) is 9.59 Å². The van der Waals surface area contributed by atoms with Gasteiger partial charge in [0.25, 0.3) is 5.91 Å². The summed E-state index contributed by atoms with van der Waals surface area (Å²) in [6, 6.07) is 16.3. The number of halogens is 1. The summed E-state index contributed by atoms with van der Waals surface area (Å²) in [7, 11) is 1.46. The fourth-order valence-electron chi connectivity index (χ4n) is 4.07. The largest absolute Gasteiger partial charge is 0.332 e. The zero-order valence-electron chi connectivity index (χ0n) is 18.4. The first-order chi connectivity index (χ1) is 16.4. The van der Waals surface area contributed by atoms with E-state index >= 15 is 0 Å². The first kappa shape index (κ1) is 22.9. The van der Waals surface area contributed by atoms with Crippen LogP contribution < -0.4 is 5.32 Å². The average Bonchev–Trinajstić information content (AvgIpc) is 3.29. The van der Waals surface area contributed by atoms with Gasteiger partial charge >= 0.3 is 0 Å². The number of hydrogen-bond donors (Lipinski definition) is 1. The van der Waals surface area contributed by atoms with E-state index in [1.165, 1.54) is 22.9 Å². The second kappa shape index (κ2) is 9.67. The smallest absolute Gasteiger partial charge is 0.254 e. The third-order valence-corrected chi connectivity index (χ3v) is 5.82. The number of aromatic nitrogens is 1. The fraction of sp³-hybridized carbons (Fsp3) is 0.240. The standard InChI is InChI=1S/C25H22FN5O3/c1-30(25(34)20-8-5-9-22-21(20)11-17(26)13-28-22)15-23(32)31-14-16(10-19(31)12-27)24(33)29-18-6-3-2-4-7-18/h2-9,11,13,16,19H,10,14-15H2,1H3,(H,29,33). The second-order valence-electron chi connectivity index (χ2n) is 8.17. The van der Waals surface area contributed by atoms with Gasteiger partial charge in [0.2, 0.25) is 11.8 Å². The van der Waals surface area contributed by atoms with E-state index in [4.69, 9.17) is 0 Å². The minimum atomic E-state index is -0.765. The van der Waals surface area contributed by atoms with Crippen LogP contribution in [0.5, 0.6) is 0 Å². The van der Waals surface area contributed by atoms with Gasteiger partial charge in [-0.3, -0.25) is 19.4 Å². The van der Waals surface area contributed by atoms with Crippen LogP contribution in [0.4, 0.5) is 10.1 Å². The van der Waals surface area contributed by atoms with Gasteiger partial charge < -0.3 is 15.1 Å². The Hall–Kier alpha value is -4.32. The Morgan fingerprint density at radius 3 is 2.71 bits per heavy atom. The molecule has 34 heavy (non-hydrogen) atoms. The van der Waals surface area contributed by atoms with Crippen molar-refractivity contribution in [3.8, 4) is 6.07 Å². The number of amides is 3. The number of carbonyl (C=O) groups is 3. The zero-order valence-corrected chi connectivity index (χ0v) is 18.4. The van der Waals surface area contributed by atoms with Crippen LogP contribution in [0.3, 0.4) is 0 Å². The number of pyridine rings is 1. The number of hydrogen-bond acceptors (Lipinski definition) is 5. The zero-order chi connectivity index (χ0) is 24.2. The van der Waals surface area contributed by atoms with E-state index in [0.717, 1.165) is 6.20 Å². The molecule has 3 amide bonds. The van der Waals surface area contributed by atoms with E-state index in [0.29, 0.717) is 16.6 Å². The molecule has 1 aliphatic heterocycles. The van der Waals surface area contributed by atoms with Crippen LogP contribution in [0.2, 0.25) is 0 Å². The molecule has 1 aromatic heterocycles. The van der Waals surface area contributed by atoms with Gasteiger partial charge in [-0.2, -0.15) is 5.26 Å². The van der Waals surface area contributed by atoms with Crippen LogP contribution in [0, 0.1) is 23.1 Å². The predicted octanol–water partition coefficient (Wildman–Crippen LogP) is 2.83. The number of likely N-dealkylation sites (N-methyl/N-ethyl adjacent to an activating group) is 1. The Labute approximate surface area is 195 Å². The molecule has 1 N–H and O–H groups in total. The van der Waals surface area contributed by atoms with Gasteiger partial charge in [0.05, 0.1) is 30.2 Å². The first-order valence-electron chi connectivity index (χ1n) is 10.7. The van der Waals surface area contributed by atoms with E-state index in [1.54, 1.807) is 42.5 Å². The quantitative estimate of drug-likeness (QED) is 0.632. The lowest BCUT2D eigenvalue weighted by Crippen LogP contribution is -2.43. The number of anilines is 1. The molecule has 8 nitrogen and oxygen atoms in total. The Morgan fingerprint density at radius 1 is 1.21 bits per heavy atom. The van der Waals surface area contributed by atoms with E-state index in [1.807, 2.05) is 6.07 Å². The fourth-order valence-corrected chi connectivity index (χ4v) is 4.07. The van der Waals surface area contributed by atoms with E-state index in [-0.39, 0.29) is 31.0 Å². The summed E-state index contributed by atoms with van der Waals surface area (Å²) in [5, 5.41) is 12.7. The van der Waals surface area contributed by atoms with Crippen molar-refractivity contribution in [3.63, 3.8) is 0 Å². The Bertz CT molecular complexity index is 1290. The van der Waals surface area contributed by atoms with E-state index in [2.05, 4.69) is 16.4 Å². The number of nitrogens with zero attached hydrogens (tertiary/aromatic N) is 4.